The van der Waals surface area contributed by atoms with Gasteiger partial charge in [-0.15, -0.1) is 0 Å². The van der Waals surface area contributed by atoms with Crippen LogP contribution in [-0.2, 0) is 6.54 Å². The smallest absolute Gasteiger partial charge is 0.0991 e. The third-order valence-corrected chi connectivity index (χ3v) is 3.76. The lowest BCUT2D eigenvalue weighted by molar-refractivity contribution is 0.836. The van der Waals surface area contributed by atoms with Crippen molar-refractivity contribution >= 4 is 23.3 Å². The Hall–Kier alpha value is -2.83. The average Bonchev–Trinajstić information content (AvgIpc) is 3.09. The minimum atomic E-state index is 0.657. The van der Waals surface area contributed by atoms with Crippen molar-refractivity contribution in [2.24, 2.45) is 0 Å². The quantitative estimate of drug-likeness (QED) is 0.657. The molecule has 23 heavy (non-hydrogen) atoms. The van der Waals surface area contributed by atoms with Gasteiger partial charge in [-0.05, 0) is 47.0 Å². The van der Waals surface area contributed by atoms with Crippen LogP contribution in [0.5, 0.6) is 0 Å². The van der Waals surface area contributed by atoms with Gasteiger partial charge < -0.3 is 4.57 Å². The molecule has 0 saturated heterocycles. The Labute approximate surface area is 140 Å². The van der Waals surface area contributed by atoms with E-state index in [4.69, 9.17) is 16.9 Å². The summed E-state index contributed by atoms with van der Waals surface area (Å²) in [6.45, 7) is 0.710. The van der Waals surface area contributed by atoms with Gasteiger partial charge in [-0.1, -0.05) is 35.9 Å². The van der Waals surface area contributed by atoms with Crippen molar-refractivity contribution in [3.63, 3.8) is 0 Å². The molecule has 112 valence electrons. The summed E-state index contributed by atoms with van der Waals surface area (Å²) in [5.74, 6) is 0. The molecular weight excluding hydrogens is 306 g/mol. The molecule has 3 aromatic rings. The van der Waals surface area contributed by atoms with Crippen molar-refractivity contribution < 1.29 is 0 Å². The van der Waals surface area contributed by atoms with E-state index < -0.39 is 0 Å². The van der Waals surface area contributed by atoms with Crippen LogP contribution in [0.4, 0.5) is 0 Å². The van der Waals surface area contributed by atoms with Gasteiger partial charge in [0.05, 0.1) is 18.0 Å². The van der Waals surface area contributed by atoms with Gasteiger partial charge in [0.1, 0.15) is 0 Å². The molecule has 2 aromatic carbocycles. The monoisotopic (exact) mass is 319 g/mol. The molecular formula is C19H14ClN3. The molecule has 0 unspecified atom stereocenters. The average molecular weight is 320 g/mol. The summed E-state index contributed by atoms with van der Waals surface area (Å²) in [6, 6.07) is 17.5. The van der Waals surface area contributed by atoms with Gasteiger partial charge in [0.15, 0.2) is 0 Å². The van der Waals surface area contributed by atoms with Gasteiger partial charge in [-0.2, -0.15) is 5.26 Å². The van der Waals surface area contributed by atoms with Gasteiger partial charge >= 0.3 is 0 Å². The molecule has 4 heteroatoms. The van der Waals surface area contributed by atoms with Gasteiger partial charge in [0, 0.05) is 24.0 Å². The molecule has 3 nitrogen and oxygen atoms in total. The second kappa shape index (κ2) is 6.95. The summed E-state index contributed by atoms with van der Waals surface area (Å²) in [5.41, 5.74) is 3.95. The molecule has 1 aromatic heterocycles. The van der Waals surface area contributed by atoms with Gasteiger partial charge in [-0.25, -0.2) is 4.98 Å². The minimum absolute atomic E-state index is 0.657. The van der Waals surface area contributed by atoms with Crippen LogP contribution in [-0.4, -0.2) is 9.55 Å². The number of rotatable bonds is 4. The highest BCUT2D eigenvalue weighted by Crippen LogP contribution is 2.22. The summed E-state index contributed by atoms with van der Waals surface area (Å²) < 4.78 is 2.02. The summed E-state index contributed by atoms with van der Waals surface area (Å²) >= 11 is 5.99. The summed E-state index contributed by atoms with van der Waals surface area (Å²) in [5, 5.41) is 9.61. The Balaban J connectivity index is 1.97. The first-order chi connectivity index (χ1) is 11.2. The standard InChI is InChI=1S/C19H14ClN3/c20-19-7-5-17(6-8-19)18(13-23-10-9-22-14-23)11-15-1-3-16(12-21)4-2-15/h1-11,14H,13H2. The largest absolute Gasteiger partial charge is 0.333 e. The molecule has 0 aliphatic rings. The van der Waals surface area contributed by atoms with Crippen molar-refractivity contribution in [1.29, 1.82) is 5.26 Å². The lowest BCUT2D eigenvalue weighted by atomic mass is 10.0. The number of nitrogens with zero attached hydrogens (tertiary/aromatic N) is 3. The summed E-state index contributed by atoms with van der Waals surface area (Å²) in [7, 11) is 0. The molecule has 0 aliphatic carbocycles. The van der Waals surface area contributed by atoms with Crippen LogP contribution in [0.15, 0.2) is 67.3 Å². The van der Waals surface area contributed by atoms with E-state index in [-0.39, 0.29) is 0 Å². The molecule has 0 saturated carbocycles. The second-order valence-electron chi connectivity index (χ2n) is 5.15. The Morgan fingerprint density at radius 3 is 2.48 bits per heavy atom. The zero-order valence-electron chi connectivity index (χ0n) is 12.4. The molecule has 0 radical (unpaired) electrons. The number of hydrogen-bond donors (Lipinski definition) is 0. The third kappa shape index (κ3) is 3.88. The van der Waals surface area contributed by atoms with Gasteiger partial charge in [0.2, 0.25) is 0 Å². The number of allylic oxidation sites excluding steroid dienone is 1. The van der Waals surface area contributed by atoms with Crippen LogP contribution in [0.3, 0.4) is 0 Å². The molecule has 0 N–H and O–H groups in total. The predicted octanol–water partition coefficient (Wildman–Crippen LogP) is 4.65. The molecule has 0 bridgehead atoms. The maximum Gasteiger partial charge on any atom is 0.0991 e. The van der Waals surface area contributed by atoms with E-state index >= 15 is 0 Å². The maximum atomic E-state index is 8.90. The van der Waals surface area contributed by atoms with Crippen LogP contribution >= 0.6 is 11.6 Å². The lowest BCUT2D eigenvalue weighted by Gasteiger charge is -2.10. The van der Waals surface area contributed by atoms with Crippen molar-refractivity contribution in [3.05, 3.63) is 89.0 Å². The molecule has 0 fully saturated rings. The van der Waals surface area contributed by atoms with Crippen LogP contribution in [0, 0.1) is 11.3 Å². The normalized spacial score (nSPS) is 11.2. The van der Waals surface area contributed by atoms with Crippen LogP contribution in [0.25, 0.3) is 11.6 Å². The maximum absolute atomic E-state index is 8.90. The van der Waals surface area contributed by atoms with E-state index in [1.807, 2.05) is 59.3 Å². The van der Waals surface area contributed by atoms with Crippen molar-refractivity contribution in [3.8, 4) is 6.07 Å². The minimum Gasteiger partial charge on any atom is -0.333 e. The van der Waals surface area contributed by atoms with E-state index in [0.717, 1.165) is 16.7 Å². The van der Waals surface area contributed by atoms with Gasteiger partial charge in [0.25, 0.3) is 0 Å². The molecule has 0 spiro atoms. The molecule has 0 aliphatic heterocycles. The van der Waals surface area contributed by atoms with E-state index in [0.29, 0.717) is 17.1 Å². The van der Waals surface area contributed by atoms with Crippen molar-refractivity contribution in [1.82, 2.24) is 9.55 Å². The molecule has 0 amide bonds. The Morgan fingerprint density at radius 1 is 1.13 bits per heavy atom. The van der Waals surface area contributed by atoms with E-state index in [1.54, 1.807) is 12.5 Å². The number of benzene rings is 2. The zero-order chi connectivity index (χ0) is 16.1. The van der Waals surface area contributed by atoms with Crippen molar-refractivity contribution in [2.75, 3.05) is 0 Å². The zero-order valence-corrected chi connectivity index (χ0v) is 13.1. The molecule has 3 rings (SSSR count). The number of hydrogen-bond acceptors (Lipinski definition) is 2. The SMILES string of the molecule is N#Cc1ccc(C=C(Cn2ccnc2)c2ccc(Cl)cc2)cc1. The van der Waals surface area contributed by atoms with Crippen LogP contribution < -0.4 is 0 Å². The first-order valence-corrected chi connectivity index (χ1v) is 7.55. The van der Waals surface area contributed by atoms with Crippen LogP contribution in [0.1, 0.15) is 16.7 Å². The predicted molar refractivity (Wildman–Crippen MR) is 92.7 cm³/mol. The van der Waals surface area contributed by atoms with Gasteiger partial charge in [-0.3, -0.25) is 0 Å². The van der Waals surface area contributed by atoms with Crippen molar-refractivity contribution in [2.45, 2.75) is 6.54 Å². The first kappa shape index (κ1) is 15.1. The number of nitriles is 1. The Morgan fingerprint density at radius 2 is 1.87 bits per heavy atom. The number of halogens is 1. The highest BCUT2D eigenvalue weighted by Gasteiger charge is 2.04. The Kier molecular flexibility index (Phi) is 4.56. The topological polar surface area (TPSA) is 41.6 Å². The first-order valence-electron chi connectivity index (χ1n) is 7.17. The second-order valence-corrected chi connectivity index (χ2v) is 5.58. The molecule has 1 heterocycles. The fraction of sp³-hybridized carbons (Fsp3) is 0.0526. The summed E-state index contributed by atoms with van der Waals surface area (Å²) in [6.07, 6.45) is 7.61. The highest BCUT2D eigenvalue weighted by molar-refractivity contribution is 6.30. The van der Waals surface area contributed by atoms with E-state index in [2.05, 4.69) is 17.1 Å². The lowest BCUT2D eigenvalue weighted by Crippen LogP contribution is -1.98. The Bertz CT molecular complexity index is 839. The van der Waals surface area contributed by atoms with E-state index in [1.165, 1.54) is 0 Å². The highest BCUT2D eigenvalue weighted by atomic mass is 35.5. The number of aromatic nitrogens is 2. The fourth-order valence-corrected chi connectivity index (χ4v) is 2.44. The van der Waals surface area contributed by atoms with Crippen LogP contribution in [0.2, 0.25) is 5.02 Å². The number of imidazole rings is 1. The summed E-state index contributed by atoms with van der Waals surface area (Å²) in [4.78, 5) is 4.09. The molecule has 0 atom stereocenters. The fourth-order valence-electron chi connectivity index (χ4n) is 2.32. The third-order valence-electron chi connectivity index (χ3n) is 3.51. The van der Waals surface area contributed by atoms with E-state index in [9.17, 15) is 0 Å².